The molecule has 0 aliphatic heterocycles. The molecular formula is C20H22N2O5. The summed E-state index contributed by atoms with van der Waals surface area (Å²) >= 11 is 0. The molecular weight excluding hydrogens is 348 g/mol. The van der Waals surface area contributed by atoms with E-state index in [1.165, 1.54) is 17.7 Å². The first-order valence-corrected chi connectivity index (χ1v) is 8.62. The summed E-state index contributed by atoms with van der Waals surface area (Å²) in [7, 11) is 0. The molecule has 7 nitrogen and oxygen atoms in total. The summed E-state index contributed by atoms with van der Waals surface area (Å²) in [5.41, 5.74) is 2.46. The summed E-state index contributed by atoms with van der Waals surface area (Å²) in [6, 6.07) is 11.7. The lowest BCUT2D eigenvalue weighted by Crippen LogP contribution is -2.31. The maximum absolute atomic E-state index is 12.0. The average Bonchev–Trinajstić information content (AvgIpc) is 2.66. The van der Waals surface area contributed by atoms with Crippen molar-refractivity contribution in [3.8, 4) is 0 Å². The maximum atomic E-state index is 12.0. The van der Waals surface area contributed by atoms with E-state index in [0.717, 1.165) is 18.1 Å². The quantitative estimate of drug-likeness (QED) is 0.457. The first kappa shape index (κ1) is 20.1. The number of ether oxygens (including phenoxy) is 1. The molecule has 0 aromatic heterocycles. The second-order valence-corrected chi connectivity index (χ2v) is 6.22. The van der Waals surface area contributed by atoms with Crippen molar-refractivity contribution < 1.29 is 19.2 Å². The van der Waals surface area contributed by atoms with Gasteiger partial charge in [-0.05, 0) is 37.5 Å². The fourth-order valence-corrected chi connectivity index (χ4v) is 2.56. The molecule has 0 saturated heterocycles. The van der Waals surface area contributed by atoms with Crippen LogP contribution in [0.3, 0.4) is 0 Å². The van der Waals surface area contributed by atoms with Crippen LogP contribution in [-0.2, 0) is 16.0 Å². The summed E-state index contributed by atoms with van der Waals surface area (Å²) in [5, 5.41) is 13.7. The molecule has 0 fully saturated rings. The molecule has 0 saturated carbocycles. The first-order valence-electron chi connectivity index (χ1n) is 8.62. The standard InChI is InChI=1S/C20H22N2O5/c1-4-15-6-9-16(10-7-15)14(3)21-19(23)12-27-20(24)17-8-5-13(2)18(11-17)22(25)26/h5-11,14H,4,12H2,1-3H3,(H,21,23)/t14-/m1/s1. The molecule has 2 rings (SSSR count). The smallest absolute Gasteiger partial charge is 0.338 e. The van der Waals surface area contributed by atoms with Gasteiger partial charge in [-0.25, -0.2) is 4.79 Å². The van der Waals surface area contributed by atoms with Crippen molar-refractivity contribution in [2.45, 2.75) is 33.2 Å². The van der Waals surface area contributed by atoms with Crippen LogP contribution in [0.5, 0.6) is 0 Å². The molecule has 2 aromatic carbocycles. The van der Waals surface area contributed by atoms with Crippen molar-refractivity contribution in [3.63, 3.8) is 0 Å². The molecule has 1 amide bonds. The van der Waals surface area contributed by atoms with E-state index in [2.05, 4.69) is 12.2 Å². The van der Waals surface area contributed by atoms with Crippen LogP contribution in [-0.4, -0.2) is 23.4 Å². The number of nitro groups is 1. The number of aryl methyl sites for hydroxylation is 2. The van der Waals surface area contributed by atoms with Crippen molar-refractivity contribution in [1.29, 1.82) is 0 Å². The van der Waals surface area contributed by atoms with Gasteiger partial charge in [-0.2, -0.15) is 0 Å². The van der Waals surface area contributed by atoms with Gasteiger partial charge in [0.2, 0.25) is 0 Å². The Morgan fingerprint density at radius 3 is 2.44 bits per heavy atom. The lowest BCUT2D eigenvalue weighted by molar-refractivity contribution is -0.385. The topological polar surface area (TPSA) is 98.5 Å². The van der Waals surface area contributed by atoms with Crippen molar-refractivity contribution >= 4 is 17.6 Å². The van der Waals surface area contributed by atoms with E-state index >= 15 is 0 Å². The Bertz CT molecular complexity index is 846. The van der Waals surface area contributed by atoms with E-state index in [1.54, 1.807) is 6.92 Å². The predicted octanol–water partition coefficient (Wildman–Crippen LogP) is 3.50. The Hall–Kier alpha value is -3.22. The highest BCUT2D eigenvalue weighted by molar-refractivity contribution is 5.92. The van der Waals surface area contributed by atoms with Crippen molar-refractivity contribution in [3.05, 3.63) is 74.8 Å². The van der Waals surface area contributed by atoms with Gasteiger partial charge in [-0.3, -0.25) is 14.9 Å². The fourth-order valence-electron chi connectivity index (χ4n) is 2.56. The lowest BCUT2D eigenvalue weighted by Gasteiger charge is -2.15. The average molecular weight is 370 g/mol. The zero-order chi connectivity index (χ0) is 20.0. The Labute approximate surface area is 157 Å². The number of rotatable bonds is 7. The number of amides is 1. The Morgan fingerprint density at radius 1 is 1.19 bits per heavy atom. The first-order chi connectivity index (χ1) is 12.8. The molecule has 142 valence electrons. The van der Waals surface area contributed by atoms with Crippen LogP contribution >= 0.6 is 0 Å². The molecule has 0 aliphatic rings. The van der Waals surface area contributed by atoms with Crippen LogP contribution in [0.25, 0.3) is 0 Å². The zero-order valence-electron chi connectivity index (χ0n) is 15.5. The lowest BCUT2D eigenvalue weighted by atomic mass is 10.1. The minimum absolute atomic E-state index is 0.0308. The van der Waals surface area contributed by atoms with E-state index in [1.807, 2.05) is 31.2 Å². The van der Waals surface area contributed by atoms with Gasteiger partial charge in [0.1, 0.15) is 0 Å². The van der Waals surface area contributed by atoms with Gasteiger partial charge in [0, 0.05) is 11.6 Å². The van der Waals surface area contributed by atoms with E-state index in [0.29, 0.717) is 5.56 Å². The number of benzene rings is 2. The largest absolute Gasteiger partial charge is 0.452 e. The van der Waals surface area contributed by atoms with Gasteiger partial charge in [0.25, 0.3) is 11.6 Å². The van der Waals surface area contributed by atoms with Crippen molar-refractivity contribution in [2.24, 2.45) is 0 Å². The molecule has 0 spiro atoms. The highest BCUT2D eigenvalue weighted by atomic mass is 16.6. The highest BCUT2D eigenvalue weighted by Crippen LogP contribution is 2.20. The zero-order valence-corrected chi connectivity index (χ0v) is 15.5. The van der Waals surface area contributed by atoms with Crippen molar-refractivity contribution in [2.75, 3.05) is 6.61 Å². The number of carbonyl (C=O) groups is 2. The molecule has 0 bridgehead atoms. The maximum Gasteiger partial charge on any atom is 0.338 e. The predicted molar refractivity (Wildman–Crippen MR) is 100 cm³/mol. The van der Waals surface area contributed by atoms with Gasteiger partial charge < -0.3 is 10.1 Å². The summed E-state index contributed by atoms with van der Waals surface area (Å²) in [5.74, 6) is -1.23. The molecule has 1 N–H and O–H groups in total. The van der Waals surface area contributed by atoms with Crippen LogP contribution in [0.4, 0.5) is 5.69 Å². The molecule has 0 heterocycles. The second-order valence-electron chi connectivity index (χ2n) is 6.22. The monoisotopic (exact) mass is 370 g/mol. The van der Waals surface area contributed by atoms with Crippen LogP contribution < -0.4 is 5.32 Å². The van der Waals surface area contributed by atoms with Crippen molar-refractivity contribution in [1.82, 2.24) is 5.32 Å². The molecule has 1 atom stereocenters. The molecule has 7 heteroatoms. The Balaban J connectivity index is 1.91. The SMILES string of the molecule is CCc1ccc([C@@H](C)NC(=O)COC(=O)c2ccc(C)c([N+](=O)[O-])c2)cc1. The van der Waals surface area contributed by atoms with E-state index in [4.69, 9.17) is 4.74 Å². The normalized spacial score (nSPS) is 11.5. The highest BCUT2D eigenvalue weighted by Gasteiger charge is 2.17. The molecule has 0 unspecified atom stereocenters. The fraction of sp³-hybridized carbons (Fsp3) is 0.300. The van der Waals surface area contributed by atoms with Crippen LogP contribution in [0.2, 0.25) is 0 Å². The number of nitrogens with zero attached hydrogens (tertiary/aromatic N) is 1. The summed E-state index contributed by atoms with van der Waals surface area (Å²) in [6.07, 6.45) is 0.939. The van der Waals surface area contributed by atoms with Crippen LogP contribution in [0, 0.1) is 17.0 Å². The molecule has 27 heavy (non-hydrogen) atoms. The van der Waals surface area contributed by atoms with Gasteiger partial charge in [-0.15, -0.1) is 0 Å². The minimum Gasteiger partial charge on any atom is -0.452 e. The van der Waals surface area contributed by atoms with Gasteiger partial charge in [0.05, 0.1) is 16.5 Å². The number of hydrogen-bond acceptors (Lipinski definition) is 5. The number of hydrogen-bond donors (Lipinski definition) is 1. The van der Waals surface area contributed by atoms with Gasteiger partial charge in [0.15, 0.2) is 6.61 Å². The van der Waals surface area contributed by atoms with E-state index in [-0.39, 0.29) is 17.3 Å². The number of carbonyl (C=O) groups excluding carboxylic acids is 2. The number of nitro benzene ring substituents is 1. The molecule has 2 aromatic rings. The molecule has 0 radical (unpaired) electrons. The number of esters is 1. The van der Waals surface area contributed by atoms with Crippen LogP contribution in [0.15, 0.2) is 42.5 Å². The Kier molecular flexibility index (Phi) is 6.65. The minimum atomic E-state index is -0.784. The second kappa shape index (κ2) is 8.93. The third kappa shape index (κ3) is 5.37. The summed E-state index contributed by atoms with van der Waals surface area (Å²) < 4.78 is 4.96. The third-order valence-electron chi connectivity index (χ3n) is 4.24. The third-order valence-corrected chi connectivity index (χ3v) is 4.24. The summed E-state index contributed by atoms with van der Waals surface area (Å²) in [4.78, 5) is 34.4. The van der Waals surface area contributed by atoms with E-state index in [9.17, 15) is 19.7 Å². The van der Waals surface area contributed by atoms with Crippen LogP contribution in [0.1, 0.15) is 46.9 Å². The van der Waals surface area contributed by atoms with Gasteiger partial charge in [-0.1, -0.05) is 37.3 Å². The molecule has 0 aliphatic carbocycles. The van der Waals surface area contributed by atoms with E-state index < -0.39 is 23.4 Å². The summed E-state index contributed by atoms with van der Waals surface area (Å²) in [6.45, 7) is 5.02. The Morgan fingerprint density at radius 2 is 1.85 bits per heavy atom. The van der Waals surface area contributed by atoms with Gasteiger partial charge >= 0.3 is 5.97 Å². The number of nitrogens with one attached hydrogen (secondary N) is 1.